The van der Waals surface area contributed by atoms with Crippen molar-refractivity contribution in [3.05, 3.63) is 64.8 Å². The van der Waals surface area contributed by atoms with E-state index in [4.69, 9.17) is 0 Å². The van der Waals surface area contributed by atoms with Gasteiger partial charge in [-0.2, -0.15) is 10.2 Å². The second kappa shape index (κ2) is 8.26. The van der Waals surface area contributed by atoms with E-state index in [1.807, 2.05) is 41.2 Å². The molecule has 1 aliphatic heterocycles. The largest absolute Gasteiger partial charge is 0.466 e. The average Bonchev–Trinajstić information content (AvgIpc) is 3.26. The van der Waals surface area contributed by atoms with Crippen molar-refractivity contribution < 1.29 is 14.3 Å². The zero-order valence-electron chi connectivity index (χ0n) is 13.8. The molecule has 1 aliphatic rings. The first kappa shape index (κ1) is 17.6. The van der Waals surface area contributed by atoms with Gasteiger partial charge in [0.25, 0.3) is 5.91 Å². The minimum atomic E-state index is -0.595. The number of thioether (sulfide) groups is 1. The second-order valence-electron chi connectivity index (χ2n) is 5.18. The van der Waals surface area contributed by atoms with Gasteiger partial charge >= 0.3 is 5.97 Å². The molecule has 0 aliphatic carbocycles. The van der Waals surface area contributed by atoms with Crippen LogP contribution in [-0.2, 0) is 20.9 Å². The fourth-order valence-corrected chi connectivity index (χ4v) is 2.82. The molecule has 3 rings (SSSR count). The van der Waals surface area contributed by atoms with Crippen LogP contribution in [0.15, 0.2) is 63.9 Å². The first-order valence-electron chi connectivity index (χ1n) is 7.60. The molecule has 1 amide bonds. The molecule has 8 nitrogen and oxygen atoms in total. The molecule has 1 saturated heterocycles. The van der Waals surface area contributed by atoms with E-state index < -0.39 is 11.9 Å². The summed E-state index contributed by atoms with van der Waals surface area (Å²) in [6, 6.07) is 9.70. The van der Waals surface area contributed by atoms with Crippen LogP contribution in [0.25, 0.3) is 0 Å². The van der Waals surface area contributed by atoms with E-state index in [1.165, 1.54) is 7.11 Å². The van der Waals surface area contributed by atoms with Crippen molar-refractivity contribution >= 4 is 35.0 Å². The van der Waals surface area contributed by atoms with Gasteiger partial charge in [-0.1, -0.05) is 24.3 Å². The van der Waals surface area contributed by atoms with Crippen LogP contribution in [0.4, 0.5) is 0 Å². The molecule has 26 heavy (non-hydrogen) atoms. The summed E-state index contributed by atoms with van der Waals surface area (Å²) in [5.74, 6) is -1.00. The number of esters is 1. The highest BCUT2D eigenvalue weighted by molar-refractivity contribution is 8.18. The molecule has 0 saturated carbocycles. The molecular formula is C17H15N5O3S. The van der Waals surface area contributed by atoms with Crippen molar-refractivity contribution in [2.45, 2.75) is 6.54 Å². The molecule has 0 radical (unpaired) electrons. The number of rotatable bonds is 5. The Morgan fingerprint density at radius 2 is 2.19 bits per heavy atom. The van der Waals surface area contributed by atoms with Gasteiger partial charge in [0, 0.05) is 18.5 Å². The van der Waals surface area contributed by atoms with Crippen LogP contribution in [0.1, 0.15) is 11.1 Å². The zero-order chi connectivity index (χ0) is 18.4. The van der Waals surface area contributed by atoms with E-state index >= 15 is 0 Å². The van der Waals surface area contributed by atoms with Crippen LogP contribution in [0, 0.1) is 0 Å². The van der Waals surface area contributed by atoms with Crippen LogP contribution in [-0.4, -0.2) is 40.1 Å². The number of ether oxygens (including phenoxy) is 1. The summed E-state index contributed by atoms with van der Waals surface area (Å²) in [4.78, 5) is 23.1. The Kier molecular flexibility index (Phi) is 5.59. The third kappa shape index (κ3) is 4.67. The highest BCUT2D eigenvalue weighted by Crippen LogP contribution is 2.23. The molecule has 132 valence electrons. The summed E-state index contributed by atoms with van der Waals surface area (Å²) in [7, 11) is 1.25. The third-order valence-electron chi connectivity index (χ3n) is 3.34. The number of hydrogen-bond acceptors (Lipinski definition) is 7. The summed E-state index contributed by atoms with van der Waals surface area (Å²) in [6.45, 7) is 0.699. The monoisotopic (exact) mass is 369 g/mol. The quantitative estimate of drug-likeness (QED) is 0.373. The summed E-state index contributed by atoms with van der Waals surface area (Å²) in [5, 5.41) is 14.9. The Morgan fingerprint density at radius 3 is 2.88 bits per heavy atom. The van der Waals surface area contributed by atoms with Gasteiger partial charge in [0.1, 0.15) is 0 Å². The molecule has 1 aromatic heterocycles. The Morgan fingerprint density at radius 1 is 1.38 bits per heavy atom. The van der Waals surface area contributed by atoms with E-state index in [9.17, 15) is 9.59 Å². The number of carbonyl (C=O) groups is 2. The molecule has 0 bridgehead atoms. The molecule has 0 atom stereocenters. The number of carbonyl (C=O) groups excluding carboxylic acids is 2. The standard InChI is InChI=1S/C17H15N5O3S/c1-25-15(23)9-14-16(24)20-17(26-14)21-18-10-12-3-5-13(6-4-12)11-22-8-2-7-19-22/h2-10H,11H2,1H3,(H,20,21,24)/b14-9+,18-10?. The van der Waals surface area contributed by atoms with Crippen LogP contribution in [0.3, 0.4) is 0 Å². The van der Waals surface area contributed by atoms with Crippen molar-refractivity contribution in [1.82, 2.24) is 15.1 Å². The van der Waals surface area contributed by atoms with Gasteiger partial charge in [0.05, 0.1) is 24.8 Å². The Labute approximate surface area is 153 Å². The molecular weight excluding hydrogens is 354 g/mol. The normalized spacial score (nSPS) is 17.2. The van der Waals surface area contributed by atoms with Gasteiger partial charge in [-0.15, -0.1) is 5.10 Å². The summed E-state index contributed by atoms with van der Waals surface area (Å²) >= 11 is 1.03. The highest BCUT2D eigenvalue weighted by Gasteiger charge is 2.24. The van der Waals surface area contributed by atoms with E-state index in [-0.39, 0.29) is 4.91 Å². The number of hydrogen-bond donors (Lipinski definition) is 1. The Bertz CT molecular complexity index is 886. The lowest BCUT2D eigenvalue weighted by molar-refractivity contribution is -0.135. The topological polar surface area (TPSA) is 97.9 Å². The maximum absolute atomic E-state index is 11.7. The predicted molar refractivity (Wildman–Crippen MR) is 98.6 cm³/mol. The first-order chi connectivity index (χ1) is 12.6. The zero-order valence-corrected chi connectivity index (χ0v) is 14.6. The highest BCUT2D eigenvalue weighted by atomic mass is 32.2. The van der Waals surface area contributed by atoms with Gasteiger partial charge in [0.2, 0.25) is 0 Å². The molecule has 1 aromatic carbocycles. The molecule has 1 N–H and O–H groups in total. The van der Waals surface area contributed by atoms with E-state index in [1.54, 1.807) is 12.4 Å². The second-order valence-corrected chi connectivity index (χ2v) is 6.21. The number of aromatic nitrogens is 2. The predicted octanol–water partition coefficient (Wildman–Crippen LogP) is 1.54. The van der Waals surface area contributed by atoms with Crippen molar-refractivity contribution in [3.63, 3.8) is 0 Å². The lowest BCUT2D eigenvalue weighted by Gasteiger charge is -2.01. The van der Waals surface area contributed by atoms with Gasteiger partial charge in [-0.05, 0) is 29.0 Å². The lowest BCUT2D eigenvalue weighted by Crippen LogP contribution is -2.19. The molecule has 0 spiro atoms. The maximum Gasteiger partial charge on any atom is 0.331 e. The number of methoxy groups -OCH3 is 1. The smallest absolute Gasteiger partial charge is 0.331 e. The first-order valence-corrected chi connectivity index (χ1v) is 8.42. The number of nitrogens with zero attached hydrogens (tertiary/aromatic N) is 4. The SMILES string of the molecule is COC(=O)/C=C1/S/C(=N\N=Cc2ccc(Cn3cccn3)cc2)NC1=O. The van der Waals surface area contributed by atoms with E-state index in [0.717, 1.165) is 29.0 Å². The average molecular weight is 369 g/mol. The van der Waals surface area contributed by atoms with Crippen molar-refractivity contribution in [1.29, 1.82) is 0 Å². The summed E-state index contributed by atoms with van der Waals surface area (Å²) in [5.41, 5.74) is 1.99. The number of nitrogens with one attached hydrogen (secondary N) is 1. The summed E-state index contributed by atoms with van der Waals surface area (Å²) < 4.78 is 6.34. The van der Waals surface area contributed by atoms with Gasteiger partial charge in [0.15, 0.2) is 5.17 Å². The molecule has 2 aromatic rings. The summed E-state index contributed by atoms with van der Waals surface area (Å²) in [6.07, 6.45) is 6.34. The van der Waals surface area contributed by atoms with Crippen LogP contribution in [0.2, 0.25) is 0 Å². The molecule has 0 unspecified atom stereocenters. The van der Waals surface area contributed by atoms with Crippen molar-refractivity contribution in [2.75, 3.05) is 7.11 Å². The van der Waals surface area contributed by atoms with Crippen LogP contribution in [0.5, 0.6) is 0 Å². The lowest BCUT2D eigenvalue weighted by atomic mass is 10.1. The fourth-order valence-electron chi connectivity index (χ4n) is 2.08. The van der Waals surface area contributed by atoms with Crippen molar-refractivity contribution in [2.24, 2.45) is 10.2 Å². The number of amidine groups is 1. The van der Waals surface area contributed by atoms with Crippen molar-refractivity contribution in [3.8, 4) is 0 Å². The Hall–Kier alpha value is -3.20. The van der Waals surface area contributed by atoms with Crippen LogP contribution >= 0.6 is 11.8 Å². The molecule has 2 heterocycles. The van der Waals surface area contributed by atoms with Gasteiger partial charge < -0.3 is 4.74 Å². The minimum absolute atomic E-state index is 0.216. The third-order valence-corrected chi connectivity index (χ3v) is 4.24. The minimum Gasteiger partial charge on any atom is -0.466 e. The molecule has 9 heteroatoms. The van der Waals surface area contributed by atoms with E-state index in [2.05, 4.69) is 25.4 Å². The molecule has 1 fully saturated rings. The maximum atomic E-state index is 11.7. The van der Waals surface area contributed by atoms with Crippen LogP contribution < -0.4 is 5.32 Å². The van der Waals surface area contributed by atoms with Gasteiger partial charge in [-0.3, -0.25) is 14.8 Å². The van der Waals surface area contributed by atoms with Gasteiger partial charge in [-0.25, -0.2) is 4.79 Å². The Balaban J connectivity index is 1.60. The van der Waals surface area contributed by atoms with E-state index in [0.29, 0.717) is 11.7 Å². The number of benzene rings is 1. The fraction of sp³-hybridized carbons (Fsp3) is 0.118. The number of amides is 1.